The number of hydrogen-bond acceptors (Lipinski definition) is 9. The van der Waals surface area contributed by atoms with Gasteiger partial charge < -0.3 is 24.1 Å². The predicted molar refractivity (Wildman–Crippen MR) is 114 cm³/mol. The van der Waals surface area contributed by atoms with Gasteiger partial charge in [0.15, 0.2) is 12.2 Å². The molecule has 9 nitrogen and oxygen atoms in total. The first kappa shape index (κ1) is 24.7. The molecule has 0 radical (unpaired) electrons. The highest BCUT2D eigenvalue weighted by molar-refractivity contribution is 5.92. The van der Waals surface area contributed by atoms with Gasteiger partial charge in [-0.05, 0) is 33.8 Å². The fourth-order valence-electron chi connectivity index (χ4n) is 5.25. The number of rotatable bonds is 4. The molecular weight excluding hydrogens is 432 g/mol. The lowest BCUT2D eigenvalue weighted by Gasteiger charge is -2.42. The highest BCUT2D eigenvalue weighted by Gasteiger charge is 2.66. The average Bonchev–Trinajstić information content (AvgIpc) is 3.16. The number of allylic oxidation sites excluding steroid dienone is 1. The molecule has 9 heteroatoms. The quantitative estimate of drug-likeness (QED) is 0.288. The standard InChI is InChI=1S/C24H30O9/c1-8-10(2)22(27)33-20-17-12(4)23(28)32-19(17)16-11(3)9-15(30-13(5)25)18(16)24(7,29)21(20)31-14(6)26/h8-9,15-21,29H,4H2,1-3,5-7H3/b10-8-/t15-,16+,17+,18+,19+,20?,21+,24-/m0/s1. The van der Waals surface area contributed by atoms with Crippen molar-refractivity contribution in [3.05, 3.63) is 35.5 Å². The van der Waals surface area contributed by atoms with Crippen LogP contribution in [0.4, 0.5) is 0 Å². The molecule has 0 amide bonds. The van der Waals surface area contributed by atoms with Gasteiger partial charge >= 0.3 is 23.9 Å². The summed E-state index contributed by atoms with van der Waals surface area (Å²) in [5.74, 6) is -4.98. The van der Waals surface area contributed by atoms with Crippen molar-refractivity contribution < 1.29 is 43.2 Å². The minimum Gasteiger partial charge on any atom is -0.458 e. The minimum absolute atomic E-state index is 0.0493. The lowest BCUT2D eigenvalue weighted by molar-refractivity contribution is -0.202. The van der Waals surface area contributed by atoms with Crippen LogP contribution in [0.3, 0.4) is 0 Å². The van der Waals surface area contributed by atoms with Crippen LogP contribution in [0, 0.1) is 17.8 Å². The van der Waals surface area contributed by atoms with Crippen LogP contribution in [-0.2, 0) is 38.1 Å². The number of fused-ring (bicyclic) bond motifs is 3. The van der Waals surface area contributed by atoms with Gasteiger partial charge in [-0.1, -0.05) is 18.2 Å². The van der Waals surface area contributed by atoms with E-state index in [2.05, 4.69) is 6.58 Å². The van der Waals surface area contributed by atoms with Crippen molar-refractivity contribution in [2.75, 3.05) is 0 Å². The summed E-state index contributed by atoms with van der Waals surface area (Å²) in [5.41, 5.74) is -0.770. The molecule has 1 heterocycles. The molecule has 2 fully saturated rings. The predicted octanol–water partition coefficient (Wildman–Crippen LogP) is 1.78. The second-order valence-corrected chi connectivity index (χ2v) is 9.05. The molecule has 8 atom stereocenters. The maximum Gasteiger partial charge on any atom is 0.334 e. The molecule has 0 bridgehead atoms. The first-order chi connectivity index (χ1) is 15.3. The van der Waals surface area contributed by atoms with E-state index < -0.39 is 71.6 Å². The van der Waals surface area contributed by atoms with Crippen LogP contribution < -0.4 is 0 Å². The van der Waals surface area contributed by atoms with E-state index in [4.69, 9.17) is 18.9 Å². The maximum absolute atomic E-state index is 12.7. The first-order valence-corrected chi connectivity index (χ1v) is 10.8. The van der Waals surface area contributed by atoms with Gasteiger partial charge in [0.1, 0.15) is 17.8 Å². The molecule has 0 aromatic rings. The molecule has 1 aliphatic heterocycles. The highest BCUT2D eigenvalue weighted by atomic mass is 16.6. The number of ether oxygens (including phenoxy) is 4. The fraction of sp³-hybridized carbons (Fsp3) is 0.583. The molecule has 1 saturated heterocycles. The molecule has 1 saturated carbocycles. The second kappa shape index (κ2) is 8.78. The van der Waals surface area contributed by atoms with E-state index in [0.29, 0.717) is 5.57 Å². The van der Waals surface area contributed by atoms with Gasteiger partial charge in [-0.2, -0.15) is 0 Å². The van der Waals surface area contributed by atoms with Crippen LogP contribution >= 0.6 is 0 Å². The summed E-state index contributed by atoms with van der Waals surface area (Å²) in [6, 6.07) is 0. The van der Waals surface area contributed by atoms with Crippen LogP contribution in [0.15, 0.2) is 35.5 Å². The van der Waals surface area contributed by atoms with E-state index >= 15 is 0 Å². The third-order valence-electron chi connectivity index (χ3n) is 6.81. The monoisotopic (exact) mass is 462 g/mol. The Bertz CT molecular complexity index is 957. The third kappa shape index (κ3) is 4.21. The minimum atomic E-state index is -1.84. The lowest BCUT2D eigenvalue weighted by atomic mass is 9.74. The molecule has 0 spiro atoms. The van der Waals surface area contributed by atoms with Gasteiger partial charge in [-0.15, -0.1) is 0 Å². The van der Waals surface area contributed by atoms with Crippen molar-refractivity contribution in [2.24, 2.45) is 17.8 Å². The van der Waals surface area contributed by atoms with E-state index in [0.717, 1.165) is 5.57 Å². The molecular formula is C24H30O9. The number of carbonyl (C=O) groups excluding carboxylic acids is 4. The largest absolute Gasteiger partial charge is 0.458 e. The molecule has 2 aliphatic carbocycles. The normalized spacial score (nSPS) is 37.8. The van der Waals surface area contributed by atoms with Gasteiger partial charge in [0.25, 0.3) is 0 Å². The zero-order valence-corrected chi connectivity index (χ0v) is 19.6. The van der Waals surface area contributed by atoms with Gasteiger partial charge in [-0.25, -0.2) is 9.59 Å². The van der Waals surface area contributed by atoms with Crippen molar-refractivity contribution in [3.63, 3.8) is 0 Å². The Morgan fingerprint density at radius 3 is 2.27 bits per heavy atom. The Kier molecular flexibility index (Phi) is 6.57. The van der Waals surface area contributed by atoms with Crippen molar-refractivity contribution in [1.82, 2.24) is 0 Å². The summed E-state index contributed by atoms with van der Waals surface area (Å²) in [7, 11) is 0. The van der Waals surface area contributed by atoms with Gasteiger partial charge in [-0.3, -0.25) is 9.59 Å². The van der Waals surface area contributed by atoms with Crippen molar-refractivity contribution in [3.8, 4) is 0 Å². The Labute approximate surface area is 192 Å². The van der Waals surface area contributed by atoms with E-state index in [-0.39, 0.29) is 5.57 Å². The lowest BCUT2D eigenvalue weighted by Crippen LogP contribution is -2.58. The summed E-state index contributed by atoms with van der Waals surface area (Å²) < 4.78 is 22.4. The van der Waals surface area contributed by atoms with E-state index in [1.54, 1.807) is 32.9 Å². The van der Waals surface area contributed by atoms with E-state index in [1.165, 1.54) is 20.8 Å². The summed E-state index contributed by atoms with van der Waals surface area (Å²) in [6.45, 7) is 12.7. The van der Waals surface area contributed by atoms with E-state index in [9.17, 15) is 24.3 Å². The molecule has 0 aromatic heterocycles. The Balaban J connectivity index is 2.21. The molecule has 3 rings (SSSR count). The molecule has 1 N–H and O–H groups in total. The van der Waals surface area contributed by atoms with Crippen molar-refractivity contribution >= 4 is 23.9 Å². The highest BCUT2D eigenvalue weighted by Crippen LogP contribution is 2.54. The van der Waals surface area contributed by atoms with Crippen LogP contribution in [0.25, 0.3) is 0 Å². The van der Waals surface area contributed by atoms with Crippen LogP contribution in [0.5, 0.6) is 0 Å². The first-order valence-electron chi connectivity index (χ1n) is 10.8. The Morgan fingerprint density at radius 2 is 1.73 bits per heavy atom. The Hall–Kier alpha value is -2.94. The number of carbonyl (C=O) groups is 4. The van der Waals surface area contributed by atoms with Crippen molar-refractivity contribution in [1.29, 1.82) is 0 Å². The summed E-state index contributed by atoms with van der Waals surface area (Å²) in [6.07, 6.45) is -1.17. The Morgan fingerprint density at radius 1 is 1.12 bits per heavy atom. The van der Waals surface area contributed by atoms with Crippen LogP contribution in [0.1, 0.15) is 41.5 Å². The SMILES string of the molecule is C=C1C(=O)O[C@@H]2[C@@H]3C(C)=C[C@H](OC(C)=O)[C@H]3[C@](C)(O)[C@H](OC(C)=O)C(OC(=O)/C(C)=C\C)[C@H]12. The summed E-state index contributed by atoms with van der Waals surface area (Å²) in [5, 5.41) is 11.8. The number of aliphatic hydroxyl groups is 1. The molecule has 3 aliphatic rings. The smallest absolute Gasteiger partial charge is 0.334 e. The second-order valence-electron chi connectivity index (χ2n) is 9.05. The third-order valence-corrected chi connectivity index (χ3v) is 6.81. The van der Waals surface area contributed by atoms with Crippen LogP contribution in [-0.4, -0.2) is 59.0 Å². The fourth-order valence-corrected chi connectivity index (χ4v) is 5.25. The molecule has 0 aromatic carbocycles. The zero-order valence-electron chi connectivity index (χ0n) is 19.6. The molecule has 33 heavy (non-hydrogen) atoms. The van der Waals surface area contributed by atoms with Gasteiger partial charge in [0, 0.05) is 36.8 Å². The average molecular weight is 462 g/mol. The van der Waals surface area contributed by atoms with Crippen LogP contribution in [0.2, 0.25) is 0 Å². The van der Waals surface area contributed by atoms with Gasteiger partial charge in [0.2, 0.25) is 0 Å². The van der Waals surface area contributed by atoms with E-state index in [1.807, 2.05) is 0 Å². The van der Waals surface area contributed by atoms with Gasteiger partial charge in [0.05, 0.1) is 5.92 Å². The molecule has 1 unspecified atom stereocenters. The maximum atomic E-state index is 12.7. The zero-order chi connectivity index (χ0) is 24.8. The number of hydrogen-bond donors (Lipinski definition) is 1. The molecule has 180 valence electrons. The topological polar surface area (TPSA) is 125 Å². The number of esters is 4. The summed E-state index contributed by atoms with van der Waals surface area (Å²) >= 11 is 0. The van der Waals surface area contributed by atoms with Crippen molar-refractivity contribution in [2.45, 2.75) is 71.6 Å². The summed E-state index contributed by atoms with van der Waals surface area (Å²) in [4.78, 5) is 49.2.